The summed E-state index contributed by atoms with van der Waals surface area (Å²) in [5, 5.41) is 0. The van der Waals surface area contributed by atoms with Gasteiger partial charge in [-0.15, -0.1) is 11.3 Å². The predicted octanol–water partition coefficient (Wildman–Crippen LogP) is 3.49. The first-order valence-electron chi connectivity index (χ1n) is 8.53. The number of anilines is 1. The quantitative estimate of drug-likeness (QED) is 0.798. The summed E-state index contributed by atoms with van der Waals surface area (Å²) in [5.74, 6) is 0.203. The van der Waals surface area contributed by atoms with Crippen molar-refractivity contribution in [1.29, 1.82) is 0 Å². The summed E-state index contributed by atoms with van der Waals surface area (Å²) in [4.78, 5) is 20.1. The number of benzene rings is 1. The SMILES string of the molecule is Cc1cccc(N2CCN(C(=O)CN(C)Cc3ccc(Cl)s3)CC2)c1. The van der Waals surface area contributed by atoms with Crippen LogP contribution in [0.4, 0.5) is 5.69 Å². The number of piperazine rings is 1. The first kappa shape index (κ1) is 18.2. The summed E-state index contributed by atoms with van der Waals surface area (Å²) >= 11 is 7.54. The summed E-state index contributed by atoms with van der Waals surface area (Å²) in [7, 11) is 1.98. The van der Waals surface area contributed by atoms with Gasteiger partial charge in [-0.3, -0.25) is 9.69 Å². The topological polar surface area (TPSA) is 26.8 Å². The summed E-state index contributed by atoms with van der Waals surface area (Å²) in [6.07, 6.45) is 0. The highest BCUT2D eigenvalue weighted by Crippen LogP contribution is 2.22. The second-order valence-electron chi connectivity index (χ2n) is 6.58. The Hall–Kier alpha value is -1.56. The van der Waals surface area contributed by atoms with Crippen molar-refractivity contribution in [2.24, 2.45) is 0 Å². The molecule has 134 valence electrons. The highest BCUT2D eigenvalue weighted by Gasteiger charge is 2.22. The molecule has 1 fully saturated rings. The molecule has 6 heteroatoms. The number of hydrogen-bond donors (Lipinski definition) is 0. The number of carbonyl (C=O) groups excluding carboxylic acids is 1. The maximum Gasteiger partial charge on any atom is 0.236 e. The molecule has 1 saturated heterocycles. The molecule has 2 heterocycles. The van der Waals surface area contributed by atoms with Crippen LogP contribution in [0.5, 0.6) is 0 Å². The number of nitrogens with zero attached hydrogens (tertiary/aromatic N) is 3. The number of carbonyl (C=O) groups is 1. The lowest BCUT2D eigenvalue weighted by Crippen LogP contribution is -2.51. The molecule has 0 radical (unpaired) electrons. The minimum atomic E-state index is 0.203. The van der Waals surface area contributed by atoms with Gasteiger partial charge in [-0.1, -0.05) is 23.7 Å². The van der Waals surface area contributed by atoms with Crippen LogP contribution in [-0.2, 0) is 11.3 Å². The summed E-state index contributed by atoms with van der Waals surface area (Å²) in [6.45, 7) is 6.65. The summed E-state index contributed by atoms with van der Waals surface area (Å²) < 4.78 is 0.794. The fourth-order valence-electron chi connectivity index (χ4n) is 3.13. The molecular weight excluding hydrogens is 354 g/mol. The third-order valence-electron chi connectivity index (χ3n) is 4.46. The summed E-state index contributed by atoms with van der Waals surface area (Å²) in [5.41, 5.74) is 2.52. The van der Waals surface area contributed by atoms with E-state index in [4.69, 9.17) is 11.6 Å². The van der Waals surface area contributed by atoms with Crippen molar-refractivity contribution >= 4 is 34.5 Å². The van der Waals surface area contributed by atoms with Crippen LogP contribution in [0.1, 0.15) is 10.4 Å². The maximum absolute atomic E-state index is 12.5. The smallest absolute Gasteiger partial charge is 0.236 e. The van der Waals surface area contributed by atoms with Gasteiger partial charge in [0.05, 0.1) is 10.9 Å². The van der Waals surface area contributed by atoms with Crippen molar-refractivity contribution in [1.82, 2.24) is 9.80 Å². The number of amides is 1. The van der Waals surface area contributed by atoms with Crippen molar-refractivity contribution in [2.45, 2.75) is 13.5 Å². The minimum absolute atomic E-state index is 0.203. The largest absolute Gasteiger partial charge is 0.368 e. The molecule has 4 nitrogen and oxygen atoms in total. The molecule has 0 spiro atoms. The van der Waals surface area contributed by atoms with E-state index in [2.05, 4.69) is 41.0 Å². The van der Waals surface area contributed by atoms with Crippen molar-refractivity contribution in [3.8, 4) is 0 Å². The Bertz CT molecular complexity index is 725. The summed E-state index contributed by atoms with van der Waals surface area (Å²) in [6, 6.07) is 12.5. The zero-order chi connectivity index (χ0) is 17.8. The van der Waals surface area contributed by atoms with E-state index in [0.717, 1.165) is 37.1 Å². The van der Waals surface area contributed by atoms with Crippen LogP contribution in [0, 0.1) is 6.92 Å². The van der Waals surface area contributed by atoms with Crippen molar-refractivity contribution in [3.05, 3.63) is 51.2 Å². The Balaban J connectivity index is 1.48. The standard InChI is InChI=1S/C19H24ClN3OS/c1-15-4-3-5-16(12-15)22-8-10-23(11-9-22)19(24)14-21(2)13-17-6-7-18(20)25-17/h3-7,12H,8-11,13-14H2,1-2H3. The lowest BCUT2D eigenvalue weighted by molar-refractivity contribution is -0.132. The van der Waals surface area contributed by atoms with Gasteiger partial charge in [0.25, 0.3) is 0 Å². The average molecular weight is 378 g/mol. The minimum Gasteiger partial charge on any atom is -0.368 e. The average Bonchev–Trinajstić information content (AvgIpc) is 2.99. The molecule has 0 unspecified atom stereocenters. The molecule has 1 aromatic heterocycles. The van der Waals surface area contributed by atoms with E-state index >= 15 is 0 Å². The Morgan fingerprint density at radius 1 is 1.20 bits per heavy atom. The number of aryl methyl sites for hydroxylation is 1. The fourth-order valence-corrected chi connectivity index (χ4v) is 4.30. The van der Waals surface area contributed by atoms with Gasteiger partial charge in [-0.25, -0.2) is 0 Å². The van der Waals surface area contributed by atoms with Crippen LogP contribution in [0.3, 0.4) is 0 Å². The zero-order valence-electron chi connectivity index (χ0n) is 14.7. The lowest BCUT2D eigenvalue weighted by atomic mass is 10.2. The molecule has 0 aliphatic carbocycles. The molecule has 0 saturated carbocycles. The second kappa shape index (κ2) is 8.21. The highest BCUT2D eigenvalue weighted by atomic mass is 35.5. The van der Waals surface area contributed by atoms with Crippen LogP contribution in [0.15, 0.2) is 36.4 Å². The van der Waals surface area contributed by atoms with Crippen LogP contribution < -0.4 is 4.90 Å². The number of hydrogen-bond acceptors (Lipinski definition) is 4. The van der Waals surface area contributed by atoms with E-state index in [9.17, 15) is 4.79 Å². The van der Waals surface area contributed by atoms with Gasteiger partial charge < -0.3 is 9.80 Å². The van der Waals surface area contributed by atoms with E-state index in [-0.39, 0.29) is 5.91 Å². The molecule has 1 aliphatic heterocycles. The van der Waals surface area contributed by atoms with E-state index in [1.54, 1.807) is 11.3 Å². The maximum atomic E-state index is 12.5. The monoisotopic (exact) mass is 377 g/mol. The van der Waals surface area contributed by atoms with Gasteiger partial charge in [-0.2, -0.15) is 0 Å². The Morgan fingerprint density at radius 3 is 2.60 bits per heavy atom. The molecule has 1 aromatic carbocycles. The van der Waals surface area contributed by atoms with Gasteiger partial charge in [0.2, 0.25) is 5.91 Å². The van der Waals surface area contributed by atoms with Gasteiger partial charge in [0.1, 0.15) is 0 Å². The van der Waals surface area contributed by atoms with E-state index in [0.29, 0.717) is 6.54 Å². The lowest BCUT2D eigenvalue weighted by Gasteiger charge is -2.36. The number of halogens is 1. The molecule has 1 amide bonds. The van der Waals surface area contributed by atoms with E-state index < -0.39 is 0 Å². The highest BCUT2D eigenvalue weighted by molar-refractivity contribution is 7.16. The van der Waals surface area contributed by atoms with Gasteiger partial charge in [-0.05, 0) is 43.8 Å². The van der Waals surface area contributed by atoms with Crippen molar-refractivity contribution in [3.63, 3.8) is 0 Å². The molecule has 0 bridgehead atoms. The van der Waals surface area contributed by atoms with Crippen LogP contribution in [-0.4, -0.2) is 55.5 Å². The predicted molar refractivity (Wildman–Crippen MR) is 106 cm³/mol. The van der Waals surface area contributed by atoms with Crippen LogP contribution >= 0.6 is 22.9 Å². The molecular formula is C19H24ClN3OS. The third-order valence-corrected chi connectivity index (χ3v) is 5.67. The zero-order valence-corrected chi connectivity index (χ0v) is 16.3. The molecule has 1 aliphatic rings. The number of likely N-dealkylation sites (N-methyl/N-ethyl adjacent to an activating group) is 1. The van der Waals surface area contributed by atoms with Gasteiger partial charge >= 0.3 is 0 Å². The Labute approximate surface area is 158 Å². The molecule has 0 atom stereocenters. The third kappa shape index (κ3) is 4.97. The molecule has 0 N–H and O–H groups in total. The van der Waals surface area contributed by atoms with Gasteiger partial charge in [0, 0.05) is 43.3 Å². The molecule has 25 heavy (non-hydrogen) atoms. The first-order valence-corrected chi connectivity index (χ1v) is 9.73. The van der Waals surface area contributed by atoms with Crippen molar-refractivity contribution < 1.29 is 4.79 Å². The first-order chi connectivity index (χ1) is 12.0. The normalized spacial score (nSPS) is 15.0. The van der Waals surface area contributed by atoms with E-state index in [1.165, 1.54) is 16.1 Å². The van der Waals surface area contributed by atoms with Gasteiger partial charge in [0.15, 0.2) is 0 Å². The Kier molecular flexibility index (Phi) is 5.99. The second-order valence-corrected chi connectivity index (χ2v) is 8.38. The molecule has 2 aromatic rings. The van der Waals surface area contributed by atoms with Crippen LogP contribution in [0.2, 0.25) is 4.34 Å². The number of thiophene rings is 1. The number of rotatable bonds is 5. The Morgan fingerprint density at radius 2 is 1.96 bits per heavy atom. The molecule has 3 rings (SSSR count). The van der Waals surface area contributed by atoms with E-state index in [1.807, 2.05) is 24.1 Å². The fraction of sp³-hybridized carbons (Fsp3) is 0.421. The van der Waals surface area contributed by atoms with Crippen LogP contribution in [0.25, 0.3) is 0 Å². The van der Waals surface area contributed by atoms with Crippen molar-refractivity contribution in [2.75, 3.05) is 44.7 Å².